The highest BCUT2D eigenvalue weighted by Gasteiger charge is 2.20. The molecule has 0 saturated carbocycles. The topological polar surface area (TPSA) is 37.8 Å². The van der Waals surface area contributed by atoms with Crippen LogP contribution in [0.25, 0.3) is 10.6 Å². The standard InChI is InChI=1S/C12H13N3S/c1-8-11-10(4-7-14-8)15-12(16-11)9-2-5-13-6-3-9/h2-3,5-6,8,14H,4,7H2,1H3. The highest BCUT2D eigenvalue weighted by molar-refractivity contribution is 7.15. The number of nitrogens with zero attached hydrogens (tertiary/aromatic N) is 2. The number of pyridine rings is 1. The van der Waals surface area contributed by atoms with Crippen LogP contribution >= 0.6 is 11.3 Å². The molecule has 0 aliphatic carbocycles. The minimum Gasteiger partial charge on any atom is -0.309 e. The van der Waals surface area contributed by atoms with Gasteiger partial charge in [-0.25, -0.2) is 4.98 Å². The van der Waals surface area contributed by atoms with Crippen LogP contribution < -0.4 is 5.32 Å². The largest absolute Gasteiger partial charge is 0.309 e. The fourth-order valence-corrected chi connectivity index (χ4v) is 3.14. The van der Waals surface area contributed by atoms with Gasteiger partial charge in [-0.2, -0.15) is 0 Å². The van der Waals surface area contributed by atoms with Gasteiger partial charge >= 0.3 is 0 Å². The number of nitrogens with one attached hydrogen (secondary N) is 1. The summed E-state index contributed by atoms with van der Waals surface area (Å²) in [6, 6.07) is 4.47. The third-order valence-electron chi connectivity index (χ3n) is 2.86. The van der Waals surface area contributed by atoms with E-state index in [2.05, 4.69) is 17.2 Å². The first kappa shape index (κ1) is 9.93. The van der Waals surface area contributed by atoms with Crippen LogP contribution in [0.1, 0.15) is 23.5 Å². The molecule has 1 N–H and O–H groups in total. The van der Waals surface area contributed by atoms with Crippen molar-refractivity contribution in [3.05, 3.63) is 35.1 Å². The highest BCUT2D eigenvalue weighted by Crippen LogP contribution is 2.33. The lowest BCUT2D eigenvalue weighted by Crippen LogP contribution is -2.26. The lowest BCUT2D eigenvalue weighted by Gasteiger charge is -2.18. The number of rotatable bonds is 1. The van der Waals surface area contributed by atoms with E-state index in [1.165, 1.54) is 16.1 Å². The molecule has 0 aromatic carbocycles. The minimum absolute atomic E-state index is 0.442. The fourth-order valence-electron chi connectivity index (χ4n) is 2.00. The van der Waals surface area contributed by atoms with Crippen molar-refractivity contribution in [1.82, 2.24) is 15.3 Å². The molecule has 1 aliphatic rings. The van der Waals surface area contributed by atoms with Gasteiger partial charge in [0.2, 0.25) is 0 Å². The molecule has 2 aromatic rings. The molecule has 3 heterocycles. The number of aromatic nitrogens is 2. The molecule has 1 atom stereocenters. The first-order valence-corrected chi connectivity index (χ1v) is 6.29. The molecule has 3 rings (SSSR count). The van der Waals surface area contributed by atoms with E-state index in [4.69, 9.17) is 4.98 Å². The molecular weight excluding hydrogens is 218 g/mol. The van der Waals surface area contributed by atoms with Crippen LogP contribution in [0.4, 0.5) is 0 Å². The summed E-state index contributed by atoms with van der Waals surface area (Å²) in [5.74, 6) is 0. The predicted molar refractivity (Wildman–Crippen MR) is 65.5 cm³/mol. The van der Waals surface area contributed by atoms with Crippen LogP contribution in [0.2, 0.25) is 0 Å². The van der Waals surface area contributed by atoms with Gasteiger partial charge in [-0.1, -0.05) is 0 Å². The minimum atomic E-state index is 0.442. The monoisotopic (exact) mass is 231 g/mol. The maximum Gasteiger partial charge on any atom is 0.124 e. The Morgan fingerprint density at radius 2 is 2.19 bits per heavy atom. The van der Waals surface area contributed by atoms with E-state index in [9.17, 15) is 0 Å². The predicted octanol–water partition coefficient (Wildman–Crippen LogP) is 2.41. The fraction of sp³-hybridized carbons (Fsp3) is 0.333. The number of hydrogen-bond acceptors (Lipinski definition) is 4. The van der Waals surface area contributed by atoms with Crippen LogP contribution in [0.3, 0.4) is 0 Å². The summed E-state index contributed by atoms with van der Waals surface area (Å²) in [4.78, 5) is 10.1. The van der Waals surface area contributed by atoms with Crippen LogP contribution in [-0.2, 0) is 6.42 Å². The highest BCUT2D eigenvalue weighted by atomic mass is 32.1. The van der Waals surface area contributed by atoms with Crippen molar-refractivity contribution in [3.63, 3.8) is 0 Å². The van der Waals surface area contributed by atoms with Crippen molar-refractivity contribution in [2.24, 2.45) is 0 Å². The van der Waals surface area contributed by atoms with Gasteiger partial charge in [-0.3, -0.25) is 4.98 Å². The van der Waals surface area contributed by atoms with Crippen molar-refractivity contribution in [3.8, 4) is 10.6 Å². The normalized spacial score (nSPS) is 19.4. The molecule has 0 saturated heterocycles. The summed E-state index contributed by atoms with van der Waals surface area (Å²) in [6.07, 6.45) is 4.68. The molecule has 0 fully saturated rings. The summed E-state index contributed by atoms with van der Waals surface area (Å²) >= 11 is 1.80. The summed E-state index contributed by atoms with van der Waals surface area (Å²) in [7, 11) is 0. The van der Waals surface area contributed by atoms with Gasteiger partial charge in [-0.05, 0) is 19.1 Å². The summed E-state index contributed by atoms with van der Waals surface area (Å²) in [5.41, 5.74) is 2.43. The Bertz CT molecular complexity index is 492. The quantitative estimate of drug-likeness (QED) is 0.819. The molecule has 16 heavy (non-hydrogen) atoms. The second-order valence-electron chi connectivity index (χ2n) is 3.99. The Hall–Kier alpha value is -1.26. The van der Waals surface area contributed by atoms with Gasteiger partial charge in [0, 0.05) is 41.8 Å². The van der Waals surface area contributed by atoms with E-state index in [1.807, 2.05) is 24.5 Å². The van der Waals surface area contributed by atoms with E-state index in [1.54, 1.807) is 11.3 Å². The zero-order valence-electron chi connectivity index (χ0n) is 9.10. The van der Waals surface area contributed by atoms with Gasteiger partial charge in [0.05, 0.1) is 5.69 Å². The first-order valence-electron chi connectivity index (χ1n) is 5.48. The summed E-state index contributed by atoms with van der Waals surface area (Å²) in [5, 5.41) is 4.57. The van der Waals surface area contributed by atoms with Gasteiger partial charge in [-0.15, -0.1) is 11.3 Å². The van der Waals surface area contributed by atoms with Crippen LogP contribution in [0.15, 0.2) is 24.5 Å². The molecule has 0 spiro atoms. The van der Waals surface area contributed by atoms with Crippen molar-refractivity contribution < 1.29 is 0 Å². The third-order valence-corrected chi connectivity index (χ3v) is 4.19. The molecule has 1 unspecified atom stereocenters. The summed E-state index contributed by atoms with van der Waals surface area (Å²) < 4.78 is 0. The summed E-state index contributed by atoms with van der Waals surface area (Å²) in [6.45, 7) is 3.24. The SMILES string of the molecule is CC1NCCc2nc(-c3ccncc3)sc21. The lowest BCUT2D eigenvalue weighted by molar-refractivity contribution is 0.545. The lowest BCUT2D eigenvalue weighted by atomic mass is 10.1. The van der Waals surface area contributed by atoms with Crippen molar-refractivity contribution in [2.45, 2.75) is 19.4 Å². The van der Waals surface area contributed by atoms with E-state index >= 15 is 0 Å². The van der Waals surface area contributed by atoms with Gasteiger partial charge in [0.25, 0.3) is 0 Å². The van der Waals surface area contributed by atoms with Gasteiger partial charge in [0.1, 0.15) is 5.01 Å². The number of fused-ring (bicyclic) bond motifs is 1. The Balaban J connectivity index is 2.05. The number of hydrogen-bond donors (Lipinski definition) is 1. The van der Waals surface area contributed by atoms with Gasteiger partial charge < -0.3 is 5.32 Å². The average Bonchev–Trinajstić information content (AvgIpc) is 2.76. The second kappa shape index (κ2) is 3.96. The molecule has 82 valence electrons. The smallest absolute Gasteiger partial charge is 0.124 e. The average molecular weight is 231 g/mol. The second-order valence-corrected chi connectivity index (χ2v) is 5.02. The van der Waals surface area contributed by atoms with Crippen molar-refractivity contribution in [1.29, 1.82) is 0 Å². The van der Waals surface area contributed by atoms with E-state index in [0.29, 0.717) is 6.04 Å². The van der Waals surface area contributed by atoms with Crippen molar-refractivity contribution >= 4 is 11.3 Å². The van der Waals surface area contributed by atoms with Crippen LogP contribution in [-0.4, -0.2) is 16.5 Å². The molecule has 0 radical (unpaired) electrons. The molecule has 0 bridgehead atoms. The van der Waals surface area contributed by atoms with Crippen LogP contribution in [0, 0.1) is 0 Å². The number of thiazole rings is 1. The Morgan fingerprint density at radius 1 is 1.38 bits per heavy atom. The zero-order valence-corrected chi connectivity index (χ0v) is 9.92. The Morgan fingerprint density at radius 3 is 2.94 bits per heavy atom. The zero-order chi connectivity index (χ0) is 11.0. The maximum absolute atomic E-state index is 4.72. The van der Waals surface area contributed by atoms with E-state index in [-0.39, 0.29) is 0 Å². The Kier molecular flexibility index (Phi) is 2.46. The molecule has 1 aliphatic heterocycles. The Labute approximate surface area is 98.6 Å². The molecule has 4 heteroatoms. The van der Waals surface area contributed by atoms with E-state index < -0.39 is 0 Å². The molecule has 2 aromatic heterocycles. The molecule has 3 nitrogen and oxygen atoms in total. The molecular formula is C12H13N3S. The maximum atomic E-state index is 4.72. The van der Waals surface area contributed by atoms with Crippen molar-refractivity contribution in [2.75, 3.05) is 6.54 Å². The van der Waals surface area contributed by atoms with Gasteiger partial charge in [0.15, 0.2) is 0 Å². The third kappa shape index (κ3) is 1.64. The van der Waals surface area contributed by atoms with E-state index in [0.717, 1.165) is 18.0 Å². The van der Waals surface area contributed by atoms with Crippen LogP contribution in [0.5, 0.6) is 0 Å². The molecule has 0 amide bonds. The first-order chi connectivity index (χ1) is 7.84.